The van der Waals surface area contributed by atoms with Crippen molar-refractivity contribution in [3.05, 3.63) is 76.3 Å². The molecule has 7 nitrogen and oxygen atoms in total. The predicted molar refractivity (Wildman–Crippen MR) is 123 cm³/mol. The van der Waals surface area contributed by atoms with Crippen molar-refractivity contribution < 1.29 is 34.7 Å². The van der Waals surface area contributed by atoms with Crippen LogP contribution in [0, 0.1) is 0 Å². The Bertz CT molecular complexity index is 1430. The standard InChI is InChI=1S/C20H15Cl2F3N2O5S2/c1-32-19-9-7-15(11-18(19)22)34(30,31)26-12-2-5-14(6-3-12)33(28,29)27-13-4-8-17(21)16(10-13)20(23,24)25/h2-11,26-27H,1H3. The average molecular weight is 555 g/mol. The minimum absolute atomic E-state index is 0.0386. The van der Waals surface area contributed by atoms with E-state index < -0.39 is 36.8 Å². The van der Waals surface area contributed by atoms with E-state index in [0.717, 1.165) is 24.3 Å². The quantitative estimate of drug-likeness (QED) is 0.394. The second-order valence-electron chi connectivity index (χ2n) is 6.72. The summed E-state index contributed by atoms with van der Waals surface area (Å²) in [6.45, 7) is 0. The molecule has 0 bridgehead atoms. The number of rotatable bonds is 7. The van der Waals surface area contributed by atoms with Crippen molar-refractivity contribution in [2.24, 2.45) is 0 Å². The van der Waals surface area contributed by atoms with Crippen molar-refractivity contribution in [1.82, 2.24) is 0 Å². The molecule has 34 heavy (non-hydrogen) atoms. The lowest BCUT2D eigenvalue weighted by atomic mass is 10.2. The molecule has 0 fully saturated rings. The maximum Gasteiger partial charge on any atom is 0.417 e. The maximum atomic E-state index is 13.0. The SMILES string of the molecule is COc1ccc(S(=O)(=O)Nc2ccc(S(=O)(=O)Nc3ccc(Cl)c(C(F)(F)F)c3)cc2)cc1Cl. The monoisotopic (exact) mass is 554 g/mol. The highest BCUT2D eigenvalue weighted by Crippen LogP contribution is 2.36. The fourth-order valence-electron chi connectivity index (χ4n) is 2.75. The van der Waals surface area contributed by atoms with Gasteiger partial charge in [-0.05, 0) is 60.7 Å². The summed E-state index contributed by atoms with van der Waals surface area (Å²) < 4.78 is 98.6. The first-order valence-corrected chi connectivity index (χ1v) is 12.8. The van der Waals surface area contributed by atoms with E-state index in [2.05, 4.69) is 4.72 Å². The van der Waals surface area contributed by atoms with Crippen LogP contribution in [0.2, 0.25) is 10.0 Å². The molecular formula is C20H15Cl2F3N2O5S2. The molecule has 0 heterocycles. The third-order valence-corrected chi connectivity index (χ3v) is 7.78. The van der Waals surface area contributed by atoms with Crippen LogP contribution >= 0.6 is 23.2 Å². The van der Waals surface area contributed by atoms with Crippen LogP contribution < -0.4 is 14.2 Å². The van der Waals surface area contributed by atoms with Gasteiger partial charge in [0.1, 0.15) is 5.75 Å². The molecule has 0 aliphatic heterocycles. The van der Waals surface area contributed by atoms with Crippen molar-refractivity contribution in [3.63, 3.8) is 0 Å². The molecule has 0 amide bonds. The highest BCUT2D eigenvalue weighted by molar-refractivity contribution is 7.93. The van der Waals surface area contributed by atoms with E-state index in [1.807, 2.05) is 4.72 Å². The Labute approximate surface area is 203 Å². The lowest BCUT2D eigenvalue weighted by Gasteiger charge is -2.13. The summed E-state index contributed by atoms with van der Waals surface area (Å²) in [5.74, 6) is 0.283. The molecule has 0 aliphatic carbocycles. The number of alkyl halides is 3. The van der Waals surface area contributed by atoms with Crippen LogP contribution in [0.1, 0.15) is 5.56 Å². The molecule has 0 radical (unpaired) electrons. The molecule has 0 saturated heterocycles. The summed E-state index contributed by atoms with van der Waals surface area (Å²) in [7, 11) is -6.96. The Hall–Kier alpha value is -2.67. The number of nitrogens with one attached hydrogen (secondary N) is 2. The highest BCUT2D eigenvalue weighted by atomic mass is 35.5. The van der Waals surface area contributed by atoms with E-state index in [4.69, 9.17) is 27.9 Å². The van der Waals surface area contributed by atoms with Gasteiger partial charge in [-0.15, -0.1) is 0 Å². The van der Waals surface area contributed by atoms with Gasteiger partial charge in [0.05, 0.1) is 32.5 Å². The molecule has 2 N–H and O–H groups in total. The summed E-state index contributed by atoms with van der Waals surface area (Å²) in [4.78, 5) is -0.466. The molecule has 0 aliphatic rings. The van der Waals surface area contributed by atoms with E-state index in [9.17, 15) is 30.0 Å². The molecule has 0 unspecified atom stereocenters. The molecule has 0 spiro atoms. The van der Waals surface area contributed by atoms with Gasteiger partial charge < -0.3 is 4.74 Å². The Morgan fingerprint density at radius 3 is 1.82 bits per heavy atom. The smallest absolute Gasteiger partial charge is 0.417 e. The lowest BCUT2D eigenvalue weighted by Crippen LogP contribution is -2.15. The molecule has 14 heteroatoms. The third kappa shape index (κ3) is 5.87. The second-order valence-corrected chi connectivity index (χ2v) is 10.9. The van der Waals surface area contributed by atoms with Gasteiger partial charge in [-0.25, -0.2) is 16.8 Å². The summed E-state index contributed by atoms with van der Waals surface area (Å²) in [6.07, 6.45) is -4.77. The van der Waals surface area contributed by atoms with E-state index >= 15 is 0 Å². The minimum atomic E-state index is -4.77. The molecule has 3 rings (SSSR count). The van der Waals surface area contributed by atoms with Crippen molar-refractivity contribution in [1.29, 1.82) is 0 Å². The van der Waals surface area contributed by atoms with E-state index in [0.29, 0.717) is 6.07 Å². The first-order valence-electron chi connectivity index (χ1n) is 9.09. The van der Waals surface area contributed by atoms with Crippen molar-refractivity contribution in [2.75, 3.05) is 16.6 Å². The normalized spacial score (nSPS) is 12.3. The fraction of sp³-hybridized carbons (Fsp3) is 0.100. The van der Waals surface area contributed by atoms with Gasteiger partial charge >= 0.3 is 6.18 Å². The number of benzene rings is 3. The number of hydrogen-bond donors (Lipinski definition) is 2. The minimum Gasteiger partial charge on any atom is -0.495 e. The third-order valence-electron chi connectivity index (χ3n) is 4.37. The molecule has 0 saturated carbocycles. The molecule has 182 valence electrons. The van der Waals surface area contributed by atoms with Crippen LogP contribution in [0.4, 0.5) is 24.5 Å². The van der Waals surface area contributed by atoms with Gasteiger partial charge in [0.15, 0.2) is 0 Å². The number of halogens is 5. The lowest BCUT2D eigenvalue weighted by molar-refractivity contribution is -0.137. The van der Waals surface area contributed by atoms with E-state index in [-0.39, 0.29) is 31.9 Å². The van der Waals surface area contributed by atoms with Crippen molar-refractivity contribution >= 4 is 54.6 Å². The topological polar surface area (TPSA) is 102 Å². The molecule has 3 aromatic carbocycles. The zero-order valence-electron chi connectivity index (χ0n) is 17.0. The zero-order valence-corrected chi connectivity index (χ0v) is 20.2. The second kappa shape index (κ2) is 9.53. The Morgan fingerprint density at radius 1 is 0.735 bits per heavy atom. The number of hydrogen-bond acceptors (Lipinski definition) is 5. The van der Waals surface area contributed by atoms with Crippen LogP contribution in [-0.2, 0) is 26.2 Å². The van der Waals surface area contributed by atoms with Crippen molar-refractivity contribution in [2.45, 2.75) is 16.0 Å². The molecule has 0 aromatic heterocycles. The molecule has 3 aromatic rings. The van der Waals surface area contributed by atoms with E-state index in [1.165, 1.54) is 37.4 Å². The van der Waals surface area contributed by atoms with Gasteiger partial charge in [0, 0.05) is 11.4 Å². The number of ether oxygens (including phenoxy) is 1. The first kappa shape index (κ1) is 25.9. The number of methoxy groups -OCH3 is 1. The summed E-state index contributed by atoms with van der Waals surface area (Å²) in [6, 6.07) is 10.9. The Kier molecular flexibility index (Phi) is 7.27. The summed E-state index contributed by atoms with van der Waals surface area (Å²) >= 11 is 11.5. The van der Waals surface area contributed by atoms with Gasteiger partial charge in [0.25, 0.3) is 20.0 Å². The van der Waals surface area contributed by atoms with Crippen LogP contribution in [0.15, 0.2) is 70.5 Å². The highest BCUT2D eigenvalue weighted by Gasteiger charge is 2.33. The number of sulfonamides is 2. The number of anilines is 2. The molecular weight excluding hydrogens is 540 g/mol. The van der Waals surface area contributed by atoms with Gasteiger partial charge in [-0.1, -0.05) is 23.2 Å². The van der Waals surface area contributed by atoms with Crippen LogP contribution in [0.5, 0.6) is 5.75 Å². The molecule has 0 atom stereocenters. The Balaban J connectivity index is 1.80. The fourth-order valence-corrected chi connectivity index (χ4v) is 5.43. The van der Waals surface area contributed by atoms with Crippen LogP contribution in [-0.4, -0.2) is 23.9 Å². The van der Waals surface area contributed by atoms with Gasteiger partial charge in [-0.3, -0.25) is 9.44 Å². The average Bonchev–Trinajstić information content (AvgIpc) is 2.74. The Morgan fingerprint density at radius 2 is 1.26 bits per heavy atom. The first-order chi connectivity index (χ1) is 15.7. The van der Waals surface area contributed by atoms with Gasteiger partial charge in [0.2, 0.25) is 0 Å². The van der Waals surface area contributed by atoms with Crippen molar-refractivity contribution in [3.8, 4) is 5.75 Å². The zero-order chi connectivity index (χ0) is 25.3. The largest absolute Gasteiger partial charge is 0.495 e. The maximum absolute atomic E-state index is 13.0. The van der Waals surface area contributed by atoms with Crippen LogP contribution in [0.25, 0.3) is 0 Å². The predicted octanol–water partition coefficient (Wildman–Crippen LogP) is 5.62. The van der Waals surface area contributed by atoms with Gasteiger partial charge in [-0.2, -0.15) is 13.2 Å². The van der Waals surface area contributed by atoms with Crippen LogP contribution in [0.3, 0.4) is 0 Å². The van der Waals surface area contributed by atoms with E-state index in [1.54, 1.807) is 0 Å². The summed E-state index contributed by atoms with van der Waals surface area (Å²) in [5.41, 5.74) is -1.51. The summed E-state index contributed by atoms with van der Waals surface area (Å²) in [5, 5.41) is -0.501.